The van der Waals surface area contributed by atoms with Gasteiger partial charge in [-0.1, -0.05) is 6.07 Å². The van der Waals surface area contributed by atoms with Crippen LogP contribution in [0.1, 0.15) is 11.5 Å². The summed E-state index contributed by atoms with van der Waals surface area (Å²) < 4.78 is 6.87. The topological polar surface area (TPSA) is 73.0 Å². The van der Waals surface area contributed by atoms with Gasteiger partial charge in [0.05, 0.1) is 23.9 Å². The molecule has 0 radical (unpaired) electrons. The second-order valence-electron chi connectivity index (χ2n) is 5.63. The third kappa shape index (κ3) is 3.06. The van der Waals surface area contributed by atoms with Crippen molar-refractivity contribution in [2.45, 2.75) is 20.0 Å². The summed E-state index contributed by atoms with van der Waals surface area (Å²) in [6, 6.07) is 9.70. The number of rotatable bonds is 5. The number of amides is 1. The minimum atomic E-state index is -0.135. The van der Waals surface area contributed by atoms with E-state index in [0.29, 0.717) is 12.3 Å². The van der Waals surface area contributed by atoms with Crippen molar-refractivity contribution in [2.24, 2.45) is 0 Å². The maximum atomic E-state index is 12.2. The summed E-state index contributed by atoms with van der Waals surface area (Å²) in [5.74, 6) is 0.581. The van der Waals surface area contributed by atoms with Crippen molar-refractivity contribution in [3.63, 3.8) is 0 Å². The number of hydrogen-bond donors (Lipinski definition) is 1. The molecule has 0 aliphatic carbocycles. The van der Waals surface area contributed by atoms with E-state index < -0.39 is 0 Å². The van der Waals surface area contributed by atoms with Crippen molar-refractivity contribution >= 4 is 28.3 Å². The molecule has 0 spiro atoms. The smallest absolute Gasteiger partial charge is 0.242 e. The van der Waals surface area contributed by atoms with E-state index >= 15 is 0 Å². The first-order valence-corrected chi connectivity index (χ1v) is 8.75. The van der Waals surface area contributed by atoms with Crippen LogP contribution in [-0.2, 0) is 17.9 Å². The van der Waals surface area contributed by atoms with E-state index in [-0.39, 0.29) is 12.5 Å². The Hall–Kier alpha value is -2.93. The normalized spacial score (nSPS) is 11.1. The fourth-order valence-corrected chi connectivity index (χ4v) is 3.58. The molecule has 1 N–H and O–H groups in total. The van der Waals surface area contributed by atoms with E-state index in [9.17, 15) is 4.79 Å². The molecule has 0 aliphatic rings. The third-order valence-corrected chi connectivity index (χ3v) is 4.83. The first-order valence-electron chi connectivity index (χ1n) is 7.87. The molecule has 0 saturated heterocycles. The van der Waals surface area contributed by atoms with Gasteiger partial charge in [0.25, 0.3) is 0 Å². The minimum Gasteiger partial charge on any atom is -0.467 e. The standard InChI is InChI=1S/C18H16N4O2S/c1-12-17-14(15-5-3-9-25-15)6-7-19-18(17)22(21-12)11-16(23)20-10-13-4-2-8-24-13/h2-9H,10-11H2,1H3,(H,20,23). The molecule has 0 unspecified atom stereocenters. The van der Waals surface area contributed by atoms with Crippen LogP contribution in [-0.4, -0.2) is 20.7 Å². The van der Waals surface area contributed by atoms with Crippen LogP contribution in [0.15, 0.2) is 52.6 Å². The van der Waals surface area contributed by atoms with Crippen LogP contribution in [0.5, 0.6) is 0 Å². The van der Waals surface area contributed by atoms with Gasteiger partial charge in [0.2, 0.25) is 5.91 Å². The number of fused-ring (bicyclic) bond motifs is 1. The van der Waals surface area contributed by atoms with E-state index in [1.807, 2.05) is 30.5 Å². The predicted octanol–water partition coefficient (Wildman–Crippen LogP) is 3.38. The molecule has 6 nitrogen and oxygen atoms in total. The molecular weight excluding hydrogens is 336 g/mol. The van der Waals surface area contributed by atoms with Gasteiger partial charge in [-0.25, -0.2) is 9.67 Å². The van der Waals surface area contributed by atoms with Crippen molar-refractivity contribution < 1.29 is 9.21 Å². The Morgan fingerprint density at radius 2 is 2.24 bits per heavy atom. The van der Waals surface area contributed by atoms with Gasteiger partial charge >= 0.3 is 0 Å². The maximum absolute atomic E-state index is 12.2. The van der Waals surface area contributed by atoms with Gasteiger partial charge in [-0.3, -0.25) is 4.79 Å². The zero-order chi connectivity index (χ0) is 17.2. The average Bonchev–Trinajstić information content (AvgIpc) is 3.35. The Labute approximate surface area is 148 Å². The summed E-state index contributed by atoms with van der Waals surface area (Å²) >= 11 is 1.67. The largest absolute Gasteiger partial charge is 0.467 e. The summed E-state index contributed by atoms with van der Waals surface area (Å²) in [6.45, 7) is 2.42. The van der Waals surface area contributed by atoms with Crippen LogP contribution in [0.3, 0.4) is 0 Å². The molecule has 0 bridgehead atoms. The van der Waals surface area contributed by atoms with E-state index in [4.69, 9.17) is 4.42 Å². The number of pyridine rings is 1. The molecule has 4 heterocycles. The lowest BCUT2D eigenvalue weighted by Gasteiger charge is -2.05. The number of aryl methyl sites for hydroxylation is 1. The van der Waals surface area contributed by atoms with Gasteiger partial charge in [0, 0.05) is 16.6 Å². The van der Waals surface area contributed by atoms with E-state index in [0.717, 1.165) is 27.2 Å². The van der Waals surface area contributed by atoms with Gasteiger partial charge in [0.1, 0.15) is 12.3 Å². The number of hydrogen-bond acceptors (Lipinski definition) is 5. The Kier molecular flexibility index (Phi) is 4.07. The molecule has 4 rings (SSSR count). The van der Waals surface area contributed by atoms with Crippen LogP contribution < -0.4 is 5.32 Å². The van der Waals surface area contributed by atoms with Gasteiger partial charge in [-0.2, -0.15) is 5.10 Å². The van der Waals surface area contributed by atoms with E-state index in [2.05, 4.69) is 21.5 Å². The van der Waals surface area contributed by atoms with Crippen molar-refractivity contribution in [2.75, 3.05) is 0 Å². The molecule has 0 atom stereocenters. The highest BCUT2D eigenvalue weighted by atomic mass is 32.1. The molecular formula is C18H16N4O2S. The monoisotopic (exact) mass is 352 g/mol. The van der Waals surface area contributed by atoms with E-state index in [1.165, 1.54) is 0 Å². The van der Waals surface area contributed by atoms with Gasteiger partial charge in [-0.05, 0) is 36.6 Å². The fraction of sp³-hybridized carbons (Fsp3) is 0.167. The maximum Gasteiger partial charge on any atom is 0.242 e. The first-order chi connectivity index (χ1) is 12.2. The first kappa shape index (κ1) is 15.6. The Morgan fingerprint density at radius 3 is 3.00 bits per heavy atom. The number of furan rings is 1. The summed E-state index contributed by atoms with van der Waals surface area (Å²) in [4.78, 5) is 17.8. The van der Waals surface area contributed by atoms with Gasteiger partial charge in [-0.15, -0.1) is 11.3 Å². The van der Waals surface area contributed by atoms with Gasteiger partial charge in [0.15, 0.2) is 5.65 Å². The third-order valence-electron chi connectivity index (χ3n) is 3.93. The average molecular weight is 352 g/mol. The quantitative estimate of drug-likeness (QED) is 0.598. The van der Waals surface area contributed by atoms with Crippen molar-refractivity contribution in [1.82, 2.24) is 20.1 Å². The molecule has 4 aromatic heterocycles. The number of aromatic nitrogens is 3. The van der Waals surface area contributed by atoms with Crippen molar-refractivity contribution in [3.05, 3.63) is 59.6 Å². The lowest BCUT2D eigenvalue weighted by atomic mass is 10.1. The molecule has 25 heavy (non-hydrogen) atoms. The Morgan fingerprint density at radius 1 is 1.32 bits per heavy atom. The number of carbonyl (C=O) groups is 1. The molecule has 0 saturated carbocycles. The Bertz CT molecular complexity index is 1000. The lowest BCUT2D eigenvalue weighted by Crippen LogP contribution is -2.27. The summed E-state index contributed by atoms with van der Waals surface area (Å²) in [7, 11) is 0. The zero-order valence-electron chi connectivity index (χ0n) is 13.6. The Balaban J connectivity index is 1.60. The molecule has 7 heteroatoms. The summed E-state index contributed by atoms with van der Waals surface area (Å²) in [5, 5.41) is 10.4. The number of nitrogens with zero attached hydrogens (tertiary/aromatic N) is 3. The second kappa shape index (κ2) is 6.52. The molecule has 0 aromatic carbocycles. The predicted molar refractivity (Wildman–Crippen MR) is 96.1 cm³/mol. The summed E-state index contributed by atoms with van der Waals surface area (Å²) in [6.07, 6.45) is 3.34. The van der Waals surface area contributed by atoms with Crippen LogP contribution in [0.2, 0.25) is 0 Å². The zero-order valence-corrected chi connectivity index (χ0v) is 14.4. The van der Waals surface area contributed by atoms with Gasteiger partial charge < -0.3 is 9.73 Å². The number of thiophene rings is 1. The highest BCUT2D eigenvalue weighted by Gasteiger charge is 2.16. The van der Waals surface area contributed by atoms with Crippen LogP contribution >= 0.6 is 11.3 Å². The van der Waals surface area contributed by atoms with Crippen LogP contribution in [0, 0.1) is 6.92 Å². The molecule has 126 valence electrons. The summed E-state index contributed by atoms with van der Waals surface area (Å²) in [5.41, 5.74) is 2.68. The second-order valence-corrected chi connectivity index (χ2v) is 6.58. The molecule has 0 aliphatic heterocycles. The van der Waals surface area contributed by atoms with E-state index in [1.54, 1.807) is 34.5 Å². The number of carbonyl (C=O) groups excluding carboxylic acids is 1. The fourth-order valence-electron chi connectivity index (χ4n) is 2.82. The molecule has 4 aromatic rings. The van der Waals surface area contributed by atoms with Crippen molar-refractivity contribution in [3.8, 4) is 10.4 Å². The highest BCUT2D eigenvalue weighted by molar-refractivity contribution is 7.13. The van der Waals surface area contributed by atoms with Crippen LogP contribution in [0.25, 0.3) is 21.5 Å². The van der Waals surface area contributed by atoms with Crippen molar-refractivity contribution in [1.29, 1.82) is 0 Å². The molecule has 1 amide bonds. The van der Waals surface area contributed by atoms with Crippen LogP contribution in [0.4, 0.5) is 0 Å². The SMILES string of the molecule is Cc1nn(CC(=O)NCc2ccco2)c2nccc(-c3cccs3)c12. The number of nitrogens with one attached hydrogen (secondary N) is 1. The minimum absolute atomic E-state index is 0.117. The lowest BCUT2D eigenvalue weighted by molar-refractivity contribution is -0.122. The highest BCUT2D eigenvalue weighted by Crippen LogP contribution is 2.32. The molecule has 0 fully saturated rings.